The molecule has 126 valence electrons. The first-order chi connectivity index (χ1) is 10.6. The highest BCUT2D eigenvalue weighted by atomic mass is 35.5. The van der Waals surface area contributed by atoms with Gasteiger partial charge in [0.1, 0.15) is 4.33 Å². The van der Waals surface area contributed by atoms with Crippen molar-refractivity contribution in [2.45, 2.75) is 31.5 Å². The van der Waals surface area contributed by atoms with E-state index in [2.05, 4.69) is 5.32 Å². The summed E-state index contributed by atoms with van der Waals surface area (Å²) >= 11 is 18.0. The van der Waals surface area contributed by atoms with Crippen molar-refractivity contribution >= 4 is 52.3 Å². The Bertz CT molecular complexity index is 648. The Morgan fingerprint density at radius 1 is 1.35 bits per heavy atom. The number of hydrogen-bond acceptors (Lipinski definition) is 2. The van der Waals surface area contributed by atoms with Gasteiger partial charge in [-0.3, -0.25) is 9.59 Å². The van der Waals surface area contributed by atoms with Crippen molar-refractivity contribution in [2.75, 3.05) is 18.4 Å². The van der Waals surface area contributed by atoms with E-state index >= 15 is 0 Å². The number of hydrogen-bond donors (Lipinski definition) is 1. The van der Waals surface area contributed by atoms with E-state index in [0.29, 0.717) is 23.7 Å². The average molecular weight is 378 g/mol. The largest absolute Gasteiger partial charge is 0.333 e. The maximum atomic E-state index is 12.5. The Hall–Kier alpha value is -0.970. The average Bonchev–Trinajstić information content (AvgIpc) is 2.99. The molecule has 1 aliphatic rings. The summed E-state index contributed by atoms with van der Waals surface area (Å²) in [7, 11) is 0. The van der Waals surface area contributed by atoms with Crippen LogP contribution < -0.4 is 5.32 Å². The number of alkyl halides is 2. The SMILES string of the molecule is CCN(CC(=O)Nc1cc(Cl)ccc1C)C(=O)C1(C)CC1(Cl)Cl. The lowest BCUT2D eigenvalue weighted by molar-refractivity contribution is -0.139. The number of nitrogens with one attached hydrogen (secondary N) is 1. The van der Waals surface area contributed by atoms with Gasteiger partial charge >= 0.3 is 0 Å². The molecule has 1 saturated carbocycles. The van der Waals surface area contributed by atoms with E-state index in [9.17, 15) is 9.59 Å². The lowest BCUT2D eigenvalue weighted by Crippen LogP contribution is -2.42. The van der Waals surface area contributed by atoms with Crippen LogP contribution in [-0.4, -0.2) is 34.1 Å². The zero-order valence-electron chi connectivity index (χ0n) is 13.3. The lowest BCUT2D eigenvalue weighted by atomic mass is 10.1. The number of benzene rings is 1. The van der Waals surface area contributed by atoms with Gasteiger partial charge < -0.3 is 10.2 Å². The number of carbonyl (C=O) groups is 2. The van der Waals surface area contributed by atoms with Crippen molar-refractivity contribution in [3.63, 3.8) is 0 Å². The molecule has 0 heterocycles. The molecular weight excluding hydrogens is 359 g/mol. The highest BCUT2D eigenvalue weighted by molar-refractivity contribution is 6.53. The summed E-state index contributed by atoms with van der Waals surface area (Å²) < 4.78 is -1.04. The predicted octanol–water partition coefficient (Wildman–Crippen LogP) is 4.02. The number of likely N-dealkylation sites (N-methyl/N-ethyl adjacent to an activating group) is 1. The fourth-order valence-corrected chi connectivity index (χ4v) is 3.27. The van der Waals surface area contributed by atoms with Crippen molar-refractivity contribution in [1.29, 1.82) is 0 Å². The molecule has 7 heteroatoms. The maximum Gasteiger partial charge on any atom is 0.244 e. The monoisotopic (exact) mass is 376 g/mol. The first-order valence-electron chi connectivity index (χ1n) is 7.34. The maximum absolute atomic E-state index is 12.5. The first-order valence-corrected chi connectivity index (χ1v) is 8.47. The summed E-state index contributed by atoms with van der Waals surface area (Å²) in [6, 6.07) is 5.25. The minimum Gasteiger partial charge on any atom is -0.333 e. The molecule has 1 aliphatic carbocycles. The van der Waals surface area contributed by atoms with Crippen LogP contribution in [0.3, 0.4) is 0 Å². The molecule has 1 atom stereocenters. The summed E-state index contributed by atoms with van der Waals surface area (Å²) in [4.78, 5) is 26.2. The number of anilines is 1. The Labute approximate surface area is 151 Å². The van der Waals surface area contributed by atoms with E-state index < -0.39 is 9.75 Å². The summed E-state index contributed by atoms with van der Waals surface area (Å²) in [5.41, 5.74) is 0.706. The first kappa shape index (κ1) is 18.4. The highest BCUT2D eigenvalue weighted by Gasteiger charge is 2.68. The van der Waals surface area contributed by atoms with Crippen LogP contribution >= 0.6 is 34.8 Å². The second-order valence-corrected chi connectivity index (χ2v) is 7.96. The zero-order valence-corrected chi connectivity index (χ0v) is 15.5. The number of aryl methyl sites for hydroxylation is 1. The molecule has 23 heavy (non-hydrogen) atoms. The number of carbonyl (C=O) groups excluding carboxylic acids is 2. The smallest absolute Gasteiger partial charge is 0.244 e. The number of amides is 2. The molecule has 1 N–H and O–H groups in total. The molecule has 1 unspecified atom stereocenters. The fraction of sp³-hybridized carbons (Fsp3) is 0.500. The van der Waals surface area contributed by atoms with Crippen molar-refractivity contribution in [3.8, 4) is 0 Å². The predicted molar refractivity (Wildman–Crippen MR) is 94.2 cm³/mol. The normalized spacial score (nSPS) is 21.7. The fourth-order valence-electron chi connectivity index (χ4n) is 2.40. The second-order valence-electron chi connectivity index (χ2n) is 6.04. The number of halogens is 3. The molecule has 0 aromatic heterocycles. The Balaban J connectivity index is 2.03. The zero-order chi connectivity index (χ0) is 17.4. The third-order valence-corrected chi connectivity index (χ3v) is 5.54. The van der Waals surface area contributed by atoms with Gasteiger partial charge in [0.25, 0.3) is 0 Å². The minimum absolute atomic E-state index is 0.0548. The molecule has 1 fully saturated rings. The Morgan fingerprint density at radius 3 is 2.48 bits per heavy atom. The van der Waals surface area contributed by atoms with Gasteiger partial charge in [0, 0.05) is 17.3 Å². The van der Waals surface area contributed by atoms with E-state index in [4.69, 9.17) is 34.8 Å². The van der Waals surface area contributed by atoms with Crippen LogP contribution in [0.4, 0.5) is 5.69 Å². The molecule has 0 spiro atoms. The quantitative estimate of drug-likeness (QED) is 0.788. The molecule has 2 rings (SSSR count). The third kappa shape index (κ3) is 3.76. The van der Waals surface area contributed by atoms with E-state index in [0.717, 1.165) is 5.56 Å². The molecule has 4 nitrogen and oxygen atoms in total. The van der Waals surface area contributed by atoms with Crippen molar-refractivity contribution in [2.24, 2.45) is 5.41 Å². The van der Waals surface area contributed by atoms with Crippen molar-refractivity contribution in [3.05, 3.63) is 28.8 Å². The van der Waals surface area contributed by atoms with Crippen LogP contribution in [0, 0.1) is 12.3 Å². The van der Waals surface area contributed by atoms with E-state index in [1.54, 1.807) is 19.1 Å². The second kappa shape index (κ2) is 6.50. The van der Waals surface area contributed by atoms with Gasteiger partial charge in [-0.15, -0.1) is 23.2 Å². The third-order valence-electron chi connectivity index (χ3n) is 4.21. The van der Waals surface area contributed by atoms with E-state index in [1.165, 1.54) is 4.90 Å². The lowest BCUT2D eigenvalue weighted by Gasteiger charge is -2.25. The van der Waals surface area contributed by atoms with Crippen LogP contribution in [0.5, 0.6) is 0 Å². The standard InChI is InChI=1S/C16H19Cl3N2O2/c1-4-21(14(23)15(3)9-16(15,18)19)8-13(22)20-12-7-11(17)6-5-10(12)2/h5-7H,4,8-9H2,1-3H3,(H,20,22). The Morgan fingerprint density at radius 2 is 1.96 bits per heavy atom. The Kier molecular flexibility index (Phi) is 5.19. The van der Waals surface area contributed by atoms with Crippen LogP contribution in [0.1, 0.15) is 25.8 Å². The van der Waals surface area contributed by atoms with Crippen LogP contribution in [0.25, 0.3) is 0 Å². The molecular formula is C16H19Cl3N2O2. The van der Waals surface area contributed by atoms with E-state index in [1.807, 2.05) is 19.9 Å². The highest BCUT2D eigenvalue weighted by Crippen LogP contribution is 2.64. The van der Waals surface area contributed by atoms with Crippen LogP contribution in [0.2, 0.25) is 5.02 Å². The van der Waals surface area contributed by atoms with Gasteiger partial charge in [0.15, 0.2) is 0 Å². The number of nitrogens with zero attached hydrogens (tertiary/aromatic N) is 1. The molecule has 0 bridgehead atoms. The molecule has 1 aromatic rings. The number of rotatable bonds is 5. The van der Waals surface area contributed by atoms with Gasteiger partial charge in [-0.1, -0.05) is 17.7 Å². The summed E-state index contributed by atoms with van der Waals surface area (Å²) in [5.74, 6) is -0.493. The van der Waals surface area contributed by atoms with Gasteiger partial charge in [-0.05, 0) is 44.9 Å². The van der Waals surface area contributed by atoms with Crippen molar-refractivity contribution in [1.82, 2.24) is 4.90 Å². The molecule has 2 amide bonds. The van der Waals surface area contributed by atoms with Gasteiger partial charge in [0.2, 0.25) is 11.8 Å². The summed E-state index contributed by atoms with van der Waals surface area (Å²) in [6.45, 7) is 5.75. The van der Waals surface area contributed by atoms with Crippen LogP contribution in [0.15, 0.2) is 18.2 Å². The minimum atomic E-state index is -1.04. The summed E-state index contributed by atoms with van der Waals surface area (Å²) in [5, 5.41) is 3.32. The topological polar surface area (TPSA) is 49.4 Å². The van der Waals surface area contributed by atoms with Crippen molar-refractivity contribution < 1.29 is 9.59 Å². The van der Waals surface area contributed by atoms with Gasteiger partial charge in [0.05, 0.1) is 12.0 Å². The molecule has 0 aliphatic heterocycles. The molecule has 0 saturated heterocycles. The summed E-state index contributed by atoms with van der Waals surface area (Å²) in [6.07, 6.45) is 0.396. The molecule has 1 aromatic carbocycles. The van der Waals surface area contributed by atoms with E-state index in [-0.39, 0.29) is 18.4 Å². The van der Waals surface area contributed by atoms with Gasteiger partial charge in [-0.2, -0.15) is 0 Å². The van der Waals surface area contributed by atoms with Gasteiger partial charge in [-0.25, -0.2) is 0 Å². The molecule has 0 radical (unpaired) electrons. The van der Waals surface area contributed by atoms with Crippen LogP contribution in [-0.2, 0) is 9.59 Å².